The molecule has 2 aromatic carbocycles. The second-order valence-corrected chi connectivity index (χ2v) is 10.2. The van der Waals surface area contributed by atoms with Crippen LogP contribution in [0, 0.1) is 0 Å². The molecule has 2 atom stereocenters. The maximum absolute atomic E-state index is 10.2. The number of unbranched alkanes of at least 4 members (excludes halogenated alkanes) is 4. The van der Waals surface area contributed by atoms with Crippen molar-refractivity contribution in [2.24, 2.45) is 0 Å². The van der Waals surface area contributed by atoms with E-state index in [0.717, 1.165) is 24.2 Å². The van der Waals surface area contributed by atoms with Gasteiger partial charge in [0.15, 0.2) is 0 Å². The lowest BCUT2D eigenvalue weighted by Crippen LogP contribution is -2.24. The summed E-state index contributed by atoms with van der Waals surface area (Å²) in [4.78, 5) is 0. The minimum Gasteiger partial charge on any atom is -0.491 e. The van der Waals surface area contributed by atoms with Gasteiger partial charge >= 0.3 is 0 Å². The van der Waals surface area contributed by atoms with Gasteiger partial charge in [-0.2, -0.15) is 0 Å². The summed E-state index contributed by atoms with van der Waals surface area (Å²) in [6, 6.07) is 15.8. The predicted octanol–water partition coefficient (Wildman–Crippen LogP) is 5.14. The third kappa shape index (κ3) is 12.1. The molecular formula is C31H48O7. The van der Waals surface area contributed by atoms with E-state index in [2.05, 4.69) is 20.8 Å². The lowest BCUT2D eigenvalue weighted by atomic mass is 9.78. The highest BCUT2D eigenvalue weighted by Crippen LogP contribution is 2.33. The number of hydrogen-bond donors (Lipinski definition) is 2. The van der Waals surface area contributed by atoms with E-state index in [1.54, 1.807) is 7.11 Å². The summed E-state index contributed by atoms with van der Waals surface area (Å²) in [5.41, 5.74) is 2.06. The lowest BCUT2D eigenvalue weighted by Gasteiger charge is -2.26. The normalized spacial score (nSPS) is 13.3. The Morgan fingerprint density at radius 3 is 1.66 bits per heavy atom. The fourth-order valence-corrected chi connectivity index (χ4v) is 4.02. The average Bonchev–Trinajstić information content (AvgIpc) is 2.92. The van der Waals surface area contributed by atoms with E-state index in [1.807, 2.05) is 48.5 Å². The Morgan fingerprint density at radius 1 is 0.632 bits per heavy atom. The molecule has 0 aliphatic carbocycles. The summed E-state index contributed by atoms with van der Waals surface area (Å²) < 4.78 is 27.4. The third-order valence-corrected chi connectivity index (χ3v) is 6.47. The quantitative estimate of drug-likeness (QED) is 0.215. The number of aliphatic hydroxyl groups is 2. The van der Waals surface area contributed by atoms with E-state index in [1.165, 1.54) is 25.7 Å². The van der Waals surface area contributed by atoms with Crippen molar-refractivity contribution >= 4 is 0 Å². The van der Waals surface area contributed by atoms with Crippen LogP contribution in [0.4, 0.5) is 0 Å². The number of aliphatic hydroxyl groups excluding tert-OH is 2. The van der Waals surface area contributed by atoms with Gasteiger partial charge in [0.1, 0.15) is 36.9 Å². The summed E-state index contributed by atoms with van der Waals surface area (Å²) >= 11 is 0. The zero-order valence-corrected chi connectivity index (χ0v) is 23.7. The molecule has 0 saturated carbocycles. The van der Waals surface area contributed by atoms with E-state index in [0.29, 0.717) is 24.7 Å². The molecule has 0 saturated heterocycles. The lowest BCUT2D eigenvalue weighted by molar-refractivity contribution is -0.0112. The summed E-state index contributed by atoms with van der Waals surface area (Å²) in [5.74, 6) is 1.41. The van der Waals surface area contributed by atoms with E-state index in [-0.39, 0.29) is 31.8 Å². The molecule has 214 valence electrons. The highest BCUT2D eigenvalue weighted by molar-refractivity contribution is 5.41. The van der Waals surface area contributed by atoms with Crippen molar-refractivity contribution < 1.29 is 33.9 Å². The molecule has 0 fully saturated rings. The molecule has 2 aromatic rings. The second kappa shape index (κ2) is 18.2. The maximum atomic E-state index is 10.2. The van der Waals surface area contributed by atoms with Crippen LogP contribution in [0.15, 0.2) is 48.5 Å². The van der Waals surface area contributed by atoms with Crippen LogP contribution in [0.2, 0.25) is 0 Å². The third-order valence-electron chi connectivity index (χ3n) is 6.47. The second-order valence-electron chi connectivity index (χ2n) is 10.2. The molecule has 7 heteroatoms. The van der Waals surface area contributed by atoms with E-state index in [4.69, 9.17) is 23.7 Å². The van der Waals surface area contributed by atoms with Gasteiger partial charge in [0.05, 0.1) is 26.4 Å². The Morgan fingerprint density at radius 2 is 1.13 bits per heavy atom. The highest BCUT2D eigenvalue weighted by atomic mass is 16.5. The van der Waals surface area contributed by atoms with Gasteiger partial charge < -0.3 is 33.9 Å². The minimum atomic E-state index is -0.698. The standard InChI is InChI=1S/C31H48O7/c1-5-6-7-8-9-18-35-19-20-36-22-28(33)24-38-30-16-12-26(13-17-30)31(2,3)25-10-14-29(15-11-25)37-23-27(32)21-34-4/h10-17,27-28,32-33H,5-9,18-24H2,1-4H3. The van der Waals surface area contributed by atoms with Gasteiger partial charge in [-0.05, 0) is 41.8 Å². The average molecular weight is 533 g/mol. The Bertz CT molecular complexity index is 852. The molecule has 0 aliphatic heterocycles. The molecule has 0 amide bonds. The number of methoxy groups -OCH3 is 1. The largest absolute Gasteiger partial charge is 0.491 e. The number of rotatable bonds is 21. The van der Waals surface area contributed by atoms with Gasteiger partial charge in [-0.25, -0.2) is 0 Å². The Balaban J connectivity index is 1.69. The first-order valence-electron chi connectivity index (χ1n) is 13.8. The molecule has 0 bridgehead atoms. The molecule has 38 heavy (non-hydrogen) atoms. The Labute approximate surface area is 229 Å². The molecule has 0 radical (unpaired) electrons. The van der Waals surface area contributed by atoms with Gasteiger partial charge in [0.25, 0.3) is 0 Å². The first-order valence-corrected chi connectivity index (χ1v) is 13.8. The van der Waals surface area contributed by atoms with Crippen LogP contribution >= 0.6 is 0 Å². The van der Waals surface area contributed by atoms with Crippen LogP contribution in [0.5, 0.6) is 11.5 Å². The molecule has 2 N–H and O–H groups in total. The topological polar surface area (TPSA) is 86.6 Å². The molecule has 2 rings (SSSR count). The zero-order valence-electron chi connectivity index (χ0n) is 23.7. The number of ether oxygens (including phenoxy) is 5. The van der Waals surface area contributed by atoms with Gasteiger partial charge in [-0.15, -0.1) is 0 Å². The fraction of sp³-hybridized carbons (Fsp3) is 0.613. The zero-order chi connectivity index (χ0) is 27.6. The first kappa shape index (κ1) is 32.1. The summed E-state index contributed by atoms with van der Waals surface area (Å²) in [6.45, 7) is 9.15. The Kier molecular flexibility index (Phi) is 15.3. The molecule has 0 spiro atoms. The van der Waals surface area contributed by atoms with Gasteiger partial charge in [-0.3, -0.25) is 0 Å². The van der Waals surface area contributed by atoms with E-state index in [9.17, 15) is 10.2 Å². The molecular weight excluding hydrogens is 484 g/mol. The van der Waals surface area contributed by atoms with Crippen LogP contribution in [-0.4, -0.2) is 75.8 Å². The van der Waals surface area contributed by atoms with Crippen LogP contribution < -0.4 is 9.47 Å². The monoisotopic (exact) mass is 532 g/mol. The van der Waals surface area contributed by atoms with Crippen molar-refractivity contribution in [1.82, 2.24) is 0 Å². The number of benzene rings is 2. The summed E-state index contributed by atoms with van der Waals surface area (Å²) in [5, 5.41) is 19.9. The first-order chi connectivity index (χ1) is 18.4. The van der Waals surface area contributed by atoms with Crippen molar-refractivity contribution in [3.05, 3.63) is 59.7 Å². The Hall–Kier alpha value is -2.16. The minimum absolute atomic E-state index is 0.168. The van der Waals surface area contributed by atoms with Crippen LogP contribution in [-0.2, 0) is 19.6 Å². The van der Waals surface area contributed by atoms with Crippen molar-refractivity contribution in [3.63, 3.8) is 0 Å². The summed E-state index contributed by atoms with van der Waals surface area (Å²) in [6.07, 6.45) is 4.77. The fourth-order valence-electron chi connectivity index (χ4n) is 4.02. The smallest absolute Gasteiger partial charge is 0.119 e. The predicted molar refractivity (Wildman–Crippen MR) is 150 cm³/mol. The van der Waals surface area contributed by atoms with Crippen LogP contribution in [0.3, 0.4) is 0 Å². The molecule has 0 aliphatic rings. The van der Waals surface area contributed by atoms with Gasteiger partial charge in [0, 0.05) is 19.1 Å². The molecule has 7 nitrogen and oxygen atoms in total. The molecule has 0 aromatic heterocycles. The van der Waals surface area contributed by atoms with E-state index < -0.39 is 12.2 Å². The summed E-state index contributed by atoms with van der Waals surface area (Å²) in [7, 11) is 1.55. The van der Waals surface area contributed by atoms with Crippen molar-refractivity contribution in [1.29, 1.82) is 0 Å². The van der Waals surface area contributed by atoms with Crippen molar-refractivity contribution in [2.45, 2.75) is 70.5 Å². The van der Waals surface area contributed by atoms with E-state index >= 15 is 0 Å². The van der Waals surface area contributed by atoms with Crippen molar-refractivity contribution in [3.8, 4) is 11.5 Å². The maximum Gasteiger partial charge on any atom is 0.119 e. The molecule has 0 heterocycles. The SMILES string of the molecule is CCCCCCCOCCOCC(O)COc1ccc(C(C)(C)c2ccc(OCC(O)COC)cc2)cc1. The molecule has 2 unspecified atom stereocenters. The van der Waals surface area contributed by atoms with Gasteiger partial charge in [0.2, 0.25) is 0 Å². The van der Waals surface area contributed by atoms with Crippen LogP contribution in [0.1, 0.15) is 64.0 Å². The van der Waals surface area contributed by atoms with Crippen LogP contribution in [0.25, 0.3) is 0 Å². The highest BCUT2D eigenvalue weighted by Gasteiger charge is 2.23. The van der Waals surface area contributed by atoms with Crippen molar-refractivity contribution in [2.75, 3.05) is 53.4 Å². The number of hydrogen-bond acceptors (Lipinski definition) is 7. The van der Waals surface area contributed by atoms with Gasteiger partial charge in [-0.1, -0.05) is 70.7 Å².